The van der Waals surface area contributed by atoms with E-state index in [2.05, 4.69) is 14.9 Å². The van der Waals surface area contributed by atoms with E-state index in [1.165, 1.54) is 12.8 Å². The molecule has 4 heteroatoms. The maximum absolute atomic E-state index is 10.1. The van der Waals surface area contributed by atoms with Crippen molar-refractivity contribution in [3.05, 3.63) is 17.7 Å². The van der Waals surface area contributed by atoms with Gasteiger partial charge in [0.1, 0.15) is 11.4 Å². The molecule has 76 valence electrons. The van der Waals surface area contributed by atoms with Gasteiger partial charge in [-0.05, 0) is 12.8 Å². The maximum Gasteiger partial charge on any atom is 0.133 e. The average molecular weight is 193 g/mol. The highest BCUT2D eigenvalue weighted by Crippen LogP contribution is 2.26. The van der Waals surface area contributed by atoms with Crippen molar-refractivity contribution in [2.75, 3.05) is 13.1 Å². The van der Waals surface area contributed by atoms with Crippen LogP contribution >= 0.6 is 0 Å². The van der Waals surface area contributed by atoms with Crippen LogP contribution in [0, 0.1) is 0 Å². The second-order valence-electron chi connectivity index (χ2n) is 4.33. The lowest BCUT2D eigenvalue weighted by atomic mass is 9.94. The van der Waals surface area contributed by atoms with Crippen molar-refractivity contribution in [3.63, 3.8) is 0 Å². The Kier molecular flexibility index (Phi) is 1.69. The standard InChI is InChI=1S/C10H15N3O/c14-10(6-11-7-10)8-5-13-4-2-1-3-9(13)12-8/h5,11,14H,1-4,6-7H2. The Morgan fingerprint density at radius 1 is 1.43 bits per heavy atom. The fourth-order valence-electron chi connectivity index (χ4n) is 2.18. The fourth-order valence-corrected chi connectivity index (χ4v) is 2.18. The molecule has 2 aliphatic heterocycles. The molecule has 0 bridgehead atoms. The zero-order valence-corrected chi connectivity index (χ0v) is 8.16. The summed E-state index contributed by atoms with van der Waals surface area (Å²) in [6.45, 7) is 2.35. The van der Waals surface area contributed by atoms with Gasteiger partial charge >= 0.3 is 0 Å². The zero-order valence-electron chi connectivity index (χ0n) is 8.16. The Morgan fingerprint density at radius 3 is 2.93 bits per heavy atom. The van der Waals surface area contributed by atoms with Crippen LogP contribution in [-0.2, 0) is 18.6 Å². The number of aromatic nitrogens is 2. The lowest BCUT2D eigenvalue weighted by molar-refractivity contribution is -0.0183. The molecule has 0 amide bonds. The summed E-state index contributed by atoms with van der Waals surface area (Å²) in [5.74, 6) is 1.14. The summed E-state index contributed by atoms with van der Waals surface area (Å²) in [5, 5.41) is 13.2. The first-order valence-corrected chi connectivity index (χ1v) is 5.28. The van der Waals surface area contributed by atoms with Crippen LogP contribution in [0.25, 0.3) is 0 Å². The Morgan fingerprint density at radius 2 is 2.29 bits per heavy atom. The van der Waals surface area contributed by atoms with Gasteiger partial charge in [-0.1, -0.05) is 0 Å². The molecule has 14 heavy (non-hydrogen) atoms. The summed E-state index contributed by atoms with van der Waals surface area (Å²) in [5.41, 5.74) is 0.165. The molecule has 0 aromatic carbocycles. The number of nitrogens with one attached hydrogen (secondary N) is 1. The molecule has 3 rings (SSSR count). The van der Waals surface area contributed by atoms with Crippen LogP contribution in [0.2, 0.25) is 0 Å². The van der Waals surface area contributed by atoms with Crippen molar-refractivity contribution < 1.29 is 5.11 Å². The van der Waals surface area contributed by atoms with Crippen molar-refractivity contribution in [2.45, 2.75) is 31.4 Å². The molecule has 1 aromatic heterocycles. The van der Waals surface area contributed by atoms with E-state index in [1.807, 2.05) is 6.20 Å². The number of fused-ring (bicyclic) bond motifs is 1. The van der Waals surface area contributed by atoms with E-state index in [1.54, 1.807) is 0 Å². The van der Waals surface area contributed by atoms with Gasteiger partial charge < -0.3 is 15.0 Å². The fraction of sp³-hybridized carbons (Fsp3) is 0.700. The predicted molar refractivity (Wildman–Crippen MR) is 51.9 cm³/mol. The summed E-state index contributed by atoms with van der Waals surface area (Å²) in [6.07, 6.45) is 5.55. The Balaban J connectivity index is 1.95. The van der Waals surface area contributed by atoms with Crippen molar-refractivity contribution in [1.82, 2.24) is 14.9 Å². The quantitative estimate of drug-likeness (QED) is 0.660. The van der Waals surface area contributed by atoms with E-state index in [9.17, 15) is 5.11 Å². The molecular formula is C10H15N3O. The molecule has 1 aromatic rings. The van der Waals surface area contributed by atoms with Crippen LogP contribution in [0.4, 0.5) is 0 Å². The maximum atomic E-state index is 10.1. The highest BCUT2D eigenvalue weighted by Gasteiger charge is 2.39. The van der Waals surface area contributed by atoms with Gasteiger partial charge in [0.05, 0.1) is 5.69 Å². The Labute approximate surface area is 83.0 Å². The van der Waals surface area contributed by atoms with Gasteiger partial charge in [0.25, 0.3) is 0 Å². The number of aliphatic hydroxyl groups is 1. The number of hydrogen-bond acceptors (Lipinski definition) is 3. The summed E-state index contributed by atoms with van der Waals surface area (Å²) < 4.78 is 2.19. The second-order valence-corrected chi connectivity index (χ2v) is 4.33. The molecule has 0 saturated carbocycles. The van der Waals surface area contributed by atoms with Crippen LogP contribution in [0.5, 0.6) is 0 Å². The minimum Gasteiger partial charge on any atom is -0.381 e. The molecule has 2 aliphatic rings. The molecule has 0 unspecified atom stereocenters. The third-order valence-electron chi connectivity index (χ3n) is 3.22. The number of rotatable bonds is 1. The Hall–Kier alpha value is -0.870. The SMILES string of the molecule is OC1(c2cn3c(n2)CCCC3)CNC1. The molecule has 1 saturated heterocycles. The molecule has 0 spiro atoms. The predicted octanol–water partition coefficient (Wildman–Crippen LogP) is 0.0102. The number of imidazole rings is 1. The zero-order chi connectivity index (χ0) is 9.60. The first kappa shape index (κ1) is 8.44. The number of aryl methyl sites for hydroxylation is 2. The molecule has 0 atom stereocenters. The highest BCUT2D eigenvalue weighted by atomic mass is 16.3. The van der Waals surface area contributed by atoms with Gasteiger partial charge in [0.15, 0.2) is 0 Å². The van der Waals surface area contributed by atoms with Crippen molar-refractivity contribution in [3.8, 4) is 0 Å². The van der Waals surface area contributed by atoms with Crippen molar-refractivity contribution in [1.29, 1.82) is 0 Å². The number of nitrogens with zero attached hydrogens (tertiary/aromatic N) is 2. The number of β-amino-alcohol motifs (C(OH)–C–C–N with tert-alkyl or cyclic N) is 1. The summed E-state index contributed by atoms with van der Waals surface area (Å²) in [7, 11) is 0. The molecule has 2 N–H and O–H groups in total. The number of hydrogen-bond donors (Lipinski definition) is 2. The van der Waals surface area contributed by atoms with Gasteiger partial charge in [0.2, 0.25) is 0 Å². The van der Waals surface area contributed by atoms with Gasteiger partial charge in [-0.25, -0.2) is 4.98 Å². The van der Waals surface area contributed by atoms with E-state index in [0.717, 1.165) is 24.5 Å². The molecular weight excluding hydrogens is 178 g/mol. The average Bonchev–Trinajstić information content (AvgIpc) is 2.57. The van der Waals surface area contributed by atoms with Crippen LogP contribution in [0.1, 0.15) is 24.4 Å². The first-order chi connectivity index (χ1) is 6.78. The summed E-state index contributed by atoms with van der Waals surface area (Å²) in [6, 6.07) is 0. The van der Waals surface area contributed by atoms with Gasteiger partial charge in [0, 0.05) is 32.3 Å². The van der Waals surface area contributed by atoms with E-state index in [4.69, 9.17) is 0 Å². The monoisotopic (exact) mass is 193 g/mol. The van der Waals surface area contributed by atoms with E-state index in [-0.39, 0.29) is 0 Å². The topological polar surface area (TPSA) is 50.1 Å². The van der Waals surface area contributed by atoms with Crippen LogP contribution in [0.15, 0.2) is 6.20 Å². The molecule has 0 aliphatic carbocycles. The van der Waals surface area contributed by atoms with Crippen LogP contribution in [-0.4, -0.2) is 27.7 Å². The lowest BCUT2D eigenvalue weighted by Crippen LogP contribution is -2.57. The second kappa shape index (κ2) is 2.81. The van der Waals surface area contributed by atoms with Gasteiger partial charge in [-0.2, -0.15) is 0 Å². The third-order valence-corrected chi connectivity index (χ3v) is 3.22. The summed E-state index contributed by atoms with van der Waals surface area (Å²) in [4.78, 5) is 4.52. The smallest absolute Gasteiger partial charge is 0.133 e. The van der Waals surface area contributed by atoms with Crippen LogP contribution in [0.3, 0.4) is 0 Å². The van der Waals surface area contributed by atoms with E-state index in [0.29, 0.717) is 13.1 Å². The lowest BCUT2D eigenvalue weighted by Gasteiger charge is -2.35. The highest BCUT2D eigenvalue weighted by molar-refractivity contribution is 5.18. The molecule has 3 heterocycles. The van der Waals surface area contributed by atoms with Crippen molar-refractivity contribution in [2.24, 2.45) is 0 Å². The van der Waals surface area contributed by atoms with Gasteiger partial charge in [-0.3, -0.25) is 0 Å². The largest absolute Gasteiger partial charge is 0.381 e. The Bertz CT molecular complexity index is 331. The minimum atomic E-state index is -0.690. The van der Waals surface area contributed by atoms with E-state index >= 15 is 0 Å². The summed E-state index contributed by atoms with van der Waals surface area (Å²) >= 11 is 0. The molecule has 4 nitrogen and oxygen atoms in total. The normalized spacial score (nSPS) is 24.1. The minimum absolute atomic E-state index is 0.642. The van der Waals surface area contributed by atoms with Crippen LogP contribution < -0.4 is 5.32 Å². The first-order valence-electron chi connectivity index (χ1n) is 5.28. The third kappa shape index (κ3) is 1.11. The molecule has 0 radical (unpaired) electrons. The van der Waals surface area contributed by atoms with Crippen molar-refractivity contribution >= 4 is 0 Å². The van der Waals surface area contributed by atoms with Gasteiger partial charge in [-0.15, -0.1) is 0 Å². The molecule has 1 fully saturated rings. The van der Waals surface area contributed by atoms with E-state index < -0.39 is 5.60 Å².